The highest BCUT2D eigenvalue weighted by Gasteiger charge is 2.50. The Hall–Kier alpha value is -3.47. The number of likely N-dealkylation sites (tertiary alicyclic amines) is 1. The summed E-state index contributed by atoms with van der Waals surface area (Å²) >= 11 is 0. The standard InChI is InChI=1S/C23H21F3N4O4/c1-33-19-7-17-15(8-30(28-17)9-21(32)29-10-22(11-29)12-34-13-22)5-14(19)6-18(31)16-3-2-4-20(27-16)23(24,25)26/h2-5,7-8H,6,9-13H2,1H3. The number of rotatable bonds is 6. The zero-order valence-electron chi connectivity index (χ0n) is 18.3. The molecule has 5 rings (SSSR count). The van der Waals surface area contributed by atoms with Crippen LogP contribution in [-0.4, -0.2) is 64.8 Å². The molecule has 0 atom stereocenters. The number of methoxy groups -OCH3 is 1. The van der Waals surface area contributed by atoms with Gasteiger partial charge in [-0.05, 0) is 18.2 Å². The molecule has 0 bridgehead atoms. The Bertz CT molecular complexity index is 1270. The highest BCUT2D eigenvalue weighted by Crippen LogP contribution is 2.37. The van der Waals surface area contributed by atoms with E-state index < -0.39 is 17.7 Å². The Morgan fingerprint density at radius 1 is 1.21 bits per heavy atom. The highest BCUT2D eigenvalue weighted by atomic mass is 19.4. The number of aromatic nitrogens is 3. The van der Waals surface area contributed by atoms with Crippen molar-refractivity contribution in [2.24, 2.45) is 5.41 Å². The number of hydrogen-bond donors (Lipinski definition) is 0. The molecule has 0 unspecified atom stereocenters. The average molecular weight is 474 g/mol. The van der Waals surface area contributed by atoms with Gasteiger partial charge in [-0.3, -0.25) is 14.3 Å². The zero-order valence-corrected chi connectivity index (χ0v) is 18.3. The Balaban J connectivity index is 1.33. The third-order valence-electron chi connectivity index (χ3n) is 6.15. The second-order valence-electron chi connectivity index (χ2n) is 8.80. The van der Waals surface area contributed by atoms with Gasteiger partial charge in [0.05, 0.1) is 31.3 Å². The predicted molar refractivity (Wildman–Crippen MR) is 113 cm³/mol. The third-order valence-corrected chi connectivity index (χ3v) is 6.15. The molecule has 0 aliphatic carbocycles. The van der Waals surface area contributed by atoms with Crippen molar-refractivity contribution in [2.45, 2.75) is 19.1 Å². The van der Waals surface area contributed by atoms with E-state index in [-0.39, 0.29) is 30.0 Å². The summed E-state index contributed by atoms with van der Waals surface area (Å²) in [7, 11) is 1.43. The number of Topliss-reactive ketones (excluding diaryl/α,β-unsaturated/α-hetero) is 1. The molecule has 2 aliphatic heterocycles. The third kappa shape index (κ3) is 4.11. The summed E-state index contributed by atoms with van der Waals surface area (Å²) in [4.78, 5) is 30.5. The fourth-order valence-electron chi connectivity index (χ4n) is 4.32. The molecule has 34 heavy (non-hydrogen) atoms. The molecule has 3 aromatic rings. The monoisotopic (exact) mass is 474 g/mol. The number of carbonyl (C=O) groups excluding carboxylic acids is 2. The maximum absolute atomic E-state index is 12.9. The van der Waals surface area contributed by atoms with Crippen molar-refractivity contribution in [2.75, 3.05) is 33.4 Å². The topological polar surface area (TPSA) is 86.5 Å². The lowest BCUT2D eigenvalue weighted by Crippen LogP contribution is -2.67. The Labute approximate surface area is 192 Å². The Morgan fingerprint density at radius 3 is 2.62 bits per heavy atom. The normalized spacial score (nSPS) is 16.9. The van der Waals surface area contributed by atoms with Crippen LogP contribution in [0.15, 0.2) is 36.5 Å². The fourth-order valence-corrected chi connectivity index (χ4v) is 4.32. The van der Waals surface area contributed by atoms with E-state index >= 15 is 0 Å². The predicted octanol–water partition coefficient (Wildman–Crippen LogP) is 2.74. The van der Waals surface area contributed by atoms with Gasteiger partial charge in [-0.2, -0.15) is 18.3 Å². The van der Waals surface area contributed by atoms with Crippen LogP contribution in [0.2, 0.25) is 0 Å². The molecule has 2 aromatic heterocycles. The molecule has 1 spiro atoms. The first-order valence-electron chi connectivity index (χ1n) is 10.6. The van der Waals surface area contributed by atoms with E-state index in [0.717, 1.165) is 12.1 Å². The first-order valence-corrected chi connectivity index (χ1v) is 10.6. The minimum absolute atomic E-state index is 0.0386. The van der Waals surface area contributed by atoms with Crippen molar-refractivity contribution < 1.29 is 32.2 Å². The molecule has 11 heteroatoms. The first kappa shape index (κ1) is 22.3. The number of hydrogen-bond acceptors (Lipinski definition) is 6. The largest absolute Gasteiger partial charge is 0.496 e. The van der Waals surface area contributed by atoms with Gasteiger partial charge in [-0.25, -0.2) is 4.98 Å². The number of amides is 1. The second-order valence-corrected chi connectivity index (χ2v) is 8.80. The lowest BCUT2D eigenvalue weighted by molar-refractivity contribution is -0.195. The number of halogens is 3. The van der Waals surface area contributed by atoms with Gasteiger partial charge in [0.25, 0.3) is 0 Å². The van der Waals surface area contributed by atoms with Crippen molar-refractivity contribution in [1.29, 1.82) is 0 Å². The zero-order chi connectivity index (χ0) is 24.1. The molecule has 1 aromatic carbocycles. The van der Waals surface area contributed by atoms with Crippen LogP contribution >= 0.6 is 0 Å². The molecule has 0 N–H and O–H groups in total. The molecular weight excluding hydrogens is 453 g/mol. The van der Waals surface area contributed by atoms with Gasteiger partial charge in [-0.1, -0.05) is 6.07 Å². The summed E-state index contributed by atoms with van der Waals surface area (Å²) in [6.45, 7) is 2.85. The molecule has 2 aliphatic rings. The minimum atomic E-state index is -4.64. The molecule has 0 saturated carbocycles. The molecule has 178 valence electrons. The Morgan fingerprint density at radius 2 is 1.97 bits per heavy atom. The maximum Gasteiger partial charge on any atom is 0.433 e. The van der Waals surface area contributed by atoms with Crippen LogP contribution in [0, 0.1) is 5.41 Å². The van der Waals surface area contributed by atoms with Gasteiger partial charge in [0, 0.05) is 42.7 Å². The van der Waals surface area contributed by atoms with Gasteiger partial charge >= 0.3 is 6.18 Å². The molecule has 1 amide bonds. The number of nitrogens with zero attached hydrogens (tertiary/aromatic N) is 4. The van der Waals surface area contributed by atoms with E-state index in [9.17, 15) is 22.8 Å². The van der Waals surface area contributed by atoms with Crippen molar-refractivity contribution in [3.8, 4) is 5.75 Å². The number of ether oxygens (including phenoxy) is 2. The summed E-state index contributed by atoms with van der Waals surface area (Å²) in [6, 6.07) is 6.56. The number of ketones is 1. The summed E-state index contributed by atoms with van der Waals surface area (Å²) in [6.07, 6.45) is -3.14. The number of fused-ring (bicyclic) bond motifs is 1. The van der Waals surface area contributed by atoms with Crippen LogP contribution in [0.3, 0.4) is 0 Å². The maximum atomic E-state index is 12.9. The Kier molecular flexibility index (Phi) is 5.31. The van der Waals surface area contributed by atoms with E-state index in [2.05, 4.69) is 10.1 Å². The van der Waals surface area contributed by atoms with Crippen LogP contribution in [-0.2, 0) is 28.7 Å². The van der Waals surface area contributed by atoms with E-state index in [0.29, 0.717) is 48.5 Å². The molecule has 4 heterocycles. The van der Waals surface area contributed by atoms with Gasteiger partial charge < -0.3 is 14.4 Å². The smallest absolute Gasteiger partial charge is 0.433 e. The number of benzene rings is 1. The quantitative estimate of drug-likeness (QED) is 0.511. The van der Waals surface area contributed by atoms with Crippen LogP contribution in [0.5, 0.6) is 5.75 Å². The van der Waals surface area contributed by atoms with Gasteiger partial charge in [0.2, 0.25) is 5.91 Å². The number of alkyl halides is 3. The lowest BCUT2D eigenvalue weighted by Gasteiger charge is -2.54. The van der Waals surface area contributed by atoms with Crippen molar-refractivity contribution in [3.05, 3.63) is 53.5 Å². The van der Waals surface area contributed by atoms with Gasteiger partial charge in [0.15, 0.2) is 5.78 Å². The molecular formula is C23H21F3N4O4. The summed E-state index contributed by atoms with van der Waals surface area (Å²) < 4.78 is 51.0. The molecule has 2 fully saturated rings. The first-order chi connectivity index (χ1) is 16.2. The summed E-state index contributed by atoms with van der Waals surface area (Å²) in [5.41, 5.74) is -0.203. The van der Waals surface area contributed by atoms with Gasteiger partial charge in [-0.15, -0.1) is 0 Å². The summed E-state index contributed by atoms with van der Waals surface area (Å²) in [5.74, 6) is -0.236. The lowest BCUT2D eigenvalue weighted by atomic mass is 9.78. The van der Waals surface area contributed by atoms with Crippen molar-refractivity contribution in [1.82, 2.24) is 19.7 Å². The van der Waals surface area contributed by atoms with E-state index in [1.54, 1.807) is 23.2 Å². The van der Waals surface area contributed by atoms with E-state index in [4.69, 9.17) is 9.47 Å². The van der Waals surface area contributed by atoms with Crippen LogP contribution in [0.4, 0.5) is 13.2 Å². The van der Waals surface area contributed by atoms with Crippen LogP contribution in [0.1, 0.15) is 21.7 Å². The molecule has 0 radical (unpaired) electrons. The van der Waals surface area contributed by atoms with E-state index in [1.807, 2.05) is 0 Å². The molecule has 2 saturated heterocycles. The van der Waals surface area contributed by atoms with Crippen LogP contribution < -0.4 is 4.74 Å². The van der Waals surface area contributed by atoms with Gasteiger partial charge in [0.1, 0.15) is 23.7 Å². The highest BCUT2D eigenvalue weighted by molar-refractivity contribution is 5.97. The average Bonchev–Trinajstić information content (AvgIpc) is 3.11. The number of pyridine rings is 1. The number of carbonyl (C=O) groups is 2. The van der Waals surface area contributed by atoms with Crippen LogP contribution in [0.25, 0.3) is 10.9 Å². The second kappa shape index (κ2) is 8.08. The SMILES string of the molecule is COc1cc2nn(CC(=O)N3CC4(COC4)C3)cc2cc1CC(=O)c1cccc(C(F)(F)F)n1. The fraction of sp³-hybridized carbons (Fsp3) is 0.391. The minimum Gasteiger partial charge on any atom is -0.496 e. The molecule has 8 nitrogen and oxygen atoms in total. The summed E-state index contributed by atoms with van der Waals surface area (Å²) in [5, 5.41) is 5.11. The van der Waals surface area contributed by atoms with E-state index in [1.165, 1.54) is 17.9 Å². The van der Waals surface area contributed by atoms with Crippen molar-refractivity contribution >= 4 is 22.6 Å². The van der Waals surface area contributed by atoms with Crippen molar-refractivity contribution in [3.63, 3.8) is 0 Å².